The molecule has 1 N–H and O–H groups in total. The van der Waals surface area contributed by atoms with Crippen LogP contribution < -0.4 is 5.32 Å². The quantitative estimate of drug-likeness (QED) is 0.591. The van der Waals surface area contributed by atoms with Crippen LogP contribution >= 0.6 is 11.8 Å². The summed E-state index contributed by atoms with van der Waals surface area (Å²) < 4.78 is 34.0. The van der Waals surface area contributed by atoms with Crippen LogP contribution in [0.15, 0.2) is 47.4 Å². The van der Waals surface area contributed by atoms with Crippen LogP contribution in [0.4, 0.5) is 14.5 Å². The number of carbonyl (C=O) groups is 3. The summed E-state index contributed by atoms with van der Waals surface area (Å²) in [6.45, 7) is 0. The van der Waals surface area contributed by atoms with E-state index in [0.29, 0.717) is 16.7 Å². The third-order valence-electron chi connectivity index (χ3n) is 3.44. The van der Waals surface area contributed by atoms with Crippen LogP contribution in [-0.2, 0) is 9.47 Å². The van der Waals surface area contributed by atoms with E-state index < -0.39 is 23.6 Å². The van der Waals surface area contributed by atoms with Gasteiger partial charge in [-0.1, -0.05) is 11.8 Å². The molecule has 0 aliphatic carbocycles. The maximum Gasteiger partial charge on any atom is 0.339 e. The lowest BCUT2D eigenvalue weighted by Crippen LogP contribution is -2.16. The number of methoxy groups -OCH3 is 2. The monoisotopic (exact) mass is 395 g/mol. The summed E-state index contributed by atoms with van der Waals surface area (Å²) in [5.41, 5.74) is 0.418. The Morgan fingerprint density at radius 2 is 1.52 bits per heavy atom. The SMILES string of the molecule is COC(=O)c1ccc(C(=O)OC)c(NC(=O)c2ccc(SC(F)F)cc2)c1. The van der Waals surface area contributed by atoms with Crippen LogP contribution in [0, 0.1) is 0 Å². The number of esters is 2. The molecule has 0 atom stereocenters. The lowest BCUT2D eigenvalue weighted by atomic mass is 10.1. The number of hydrogen-bond donors (Lipinski definition) is 1. The molecule has 0 aliphatic rings. The number of halogens is 2. The lowest BCUT2D eigenvalue weighted by Gasteiger charge is -2.12. The van der Waals surface area contributed by atoms with Gasteiger partial charge in [0, 0.05) is 10.5 Å². The Labute approximate surface area is 157 Å². The van der Waals surface area contributed by atoms with E-state index >= 15 is 0 Å². The molecular weight excluding hydrogens is 380 g/mol. The van der Waals surface area contributed by atoms with E-state index in [1.165, 1.54) is 56.7 Å². The molecule has 0 aromatic heterocycles. The van der Waals surface area contributed by atoms with Crippen molar-refractivity contribution < 1.29 is 32.6 Å². The predicted molar refractivity (Wildman–Crippen MR) is 95.4 cm³/mol. The van der Waals surface area contributed by atoms with E-state index in [0.717, 1.165) is 0 Å². The van der Waals surface area contributed by atoms with E-state index in [4.69, 9.17) is 0 Å². The largest absolute Gasteiger partial charge is 0.465 e. The Balaban J connectivity index is 2.29. The molecule has 6 nitrogen and oxygen atoms in total. The number of benzene rings is 2. The van der Waals surface area contributed by atoms with Crippen LogP contribution in [0.1, 0.15) is 31.1 Å². The second-order valence-electron chi connectivity index (χ2n) is 5.10. The van der Waals surface area contributed by atoms with Crippen molar-refractivity contribution in [3.8, 4) is 0 Å². The summed E-state index contributed by atoms with van der Waals surface area (Å²) in [6, 6.07) is 9.51. The fraction of sp³-hybridized carbons (Fsp3) is 0.167. The summed E-state index contributed by atoms with van der Waals surface area (Å²) >= 11 is 0.362. The van der Waals surface area contributed by atoms with Crippen molar-refractivity contribution in [1.29, 1.82) is 0 Å². The zero-order chi connectivity index (χ0) is 20.0. The Kier molecular flexibility index (Phi) is 6.89. The summed E-state index contributed by atoms with van der Waals surface area (Å²) in [5.74, 6) is -4.50. The van der Waals surface area contributed by atoms with E-state index in [-0.39, 0.29) is 22.4 Å². The minimum atomic E-state index is -2.56. The fourth-order valence-electron chi connectivity index (χ4n) is 2.16. The van der Waals surface area contributed by atoms with Crippen molar-refractivity contribution in [3.05, 3.63) is 59.2 Å². The van der Waals surface area contributed by atoms with Gasteiger partial charge in [-0.05, 0) is 42.5 Å². The third kappa shape index (κ3) is 5.27. The molecule has 0 heterocycles. The molecule has 2 aromatic carbocycles. The number of nitrogens with one attached hydrogen (secondary N) is 1. The van der Waals surface area contributed by atoms with E-state index in [2.05, 4.69) is 14.8 Å². The second kappa shape index (κ2) is 9.13. The first-order chi connectivity index (χ1) is 12.8. The molecule has 2 aromatic rings. The van der Waals surface area contributed by atoms with Gasteiger partial charge in [0.1, 0.15) is 0 Å². The van der Waals surface area contributed by atoms with Gasteiger partial charge in [-0.15, -0.1) is 0 Å². The molecule has 27 heavy (non-hydrogen) atoms. The van der Waals surface area contributed by atoms with Crippen LogP contribution in [0.2, 0.25) is 0 Å². The smallest absolute Gasteiger partial charge is 0.339 e. The highest BCUT2D eigenvalue weighted by Crippen LogP contribution is 2.26. The van der Waals surface area contributed by atoms with Crippen molar-refractivity contribution in [2.75, 3.05) is 19.5 Å². The first-order valence-corrected chi connectivity index (χ1v) is 8.40. The molecule has 1 amide bonds. The molecule has 0 unspecified atom stereocenters. The number of ether oxygens (including phenoxy) is 2. The third-order valence-corrected chi connectivity index (χ3v) is 4.16. The van der Waals surface area contributed by atoms with Crippen LogP contribution in [0.3, 0.4) is 0 Å². The molecule has 0 fully saturated rings. The Bertz CT molecular complexity index is 855. The average Bonchev–Trinajstić information content (AvgIpc) is 2.66. The molecule has 142 valence electrons. The van der Waals surface area contributed by atoms with Gasteiger partial charge < -0.3 is 14.8 Å². The summed E-state index contributed by atoms with van der Waals surface area (Å²) in [6.07, 6.45) is 0. The number of thioether (sulfide) groups is 1. The van der Waals surface area contributed by atoms with Crippen molar-refractivity contribution in [3.63, 3.8) is 0 Å². The zero-order valence-electron chi connectivity index (χ0n) is 14.3. The highest BCUT2D eigenvalue weighted by molar-refractivity contribution is 7.99. The van der Waals surface area contributed by atoms with Gasteiger partial charge in [-0.25, -0.2) is 9.59 Å². The van der Waals surface area contributed by atoms with E-state index in [1.807, 2.05) is 0 Å². The van der Waals surface area contributed by atoms with Crippen molar-refractivity contribution >= 4 is 35.3 Å². The Morgan fingerprint density at radius 3 is 2.07 bits per heavy atom. The zero-order valence-corrected chi connectivity index (χ0v) is 15.1. The van der Waals surface area contributed by atoms with E-state index in [1.54, 1.807) is 0 Å². The first kappa shape index (κ1) is 20.4. The normalized spacial score (nSPS) is 10.4. The van der Waals surface area contributed by atoms with Gasteiger partial charge in [0.15, 0.2) is 0 Å². The standard InChI is InChI=1S/C18H15F2NO5S/c1-25-16(23)11-5-8-13(17(24)26-2)14(9-11)21-15(22)10-3-6-12(7-4-10)27-18(19)20/h3-9,18H,1-2H3,(H,21,22). The minimum absolute atomic E-state index is 0.0448. The molecule has 0 saturated heterocycles. The molecule has 0 spiro atoms. The number of anilines is 1. The van der Waals surface area contributed by atoms with Crippen LogP contribution in [-0.4, -0.2) is 37.8 Å². The molecule has 9 heteroatoms. The first-order valence-electron chi connectivity index (χ1n) is 7.52. The van der Waals surface area contributed by atoms with Crippen molar-refractivity contribution in [1.82, 2.24) is 0 Å². The number of rotatable bonds is 6. The number of alkyl halides is 2. The molecule has 0 saturated carbocycles. The predicted octanol–water partition coefficient (Wildman–Crippen LogP) is 3.83. The molecular formula is C18H15F2NO5S. The fourth-order valence-corrected chi connectivity index (χ4v) is 2.66. The van der Waals surface area contributed by atoms with Gasteiger partial charge in [0.25, 0.3) is 11.7 Å². The van der Waals surface area contributed by atoms with E-state index in [9.17, 15) is 23.2 Å². The Morgan fingerprint density at radius 1 is 0.926 bits per heavy atom. The van der Waals surface area contributed by atoms with Crippen LogP contribution in [0.25, 0.3) is 0 Å². The van der Waals surface area contributed by atoms with Gasteiger partial charge in [0.2, 0.25) is 0 Å². The van der Waals surface area contributed by atoms with Crippen LogP contribution in [0.5, 0.6) is 0 Å². The Hall–Kier alpha value is -2.94. The minimum Gasteiger partial charge on any atom is -0.465 e. The van der Waals surface area contributed by atoms with Crippen molar-refractivity contribution in [2.45, 2.75) is 10.7 Å². The molecule has 0 radical (unpaired) electrons. The topological polar surface area (TPSA) is 81.7 Å². The number of hydrogen-bond acceptors (Lipinski definition) is 6. The molecule has 2 rings (SSSR count). The number of carbonyl (C=O) groups excluding carboxylic acids is 3. The molecule has 0 bridgehead atoms. The summed E-state index contributed by atoms with van der Waals surface area (Å²) in [5, 5.41) is 2.52. The maximum atomic E-state index is 12.4. The highest BCUT2D eigenvalue weighted by Gasteiger charge is 2.18. The number of amides is 1. The van der Waals surface area contributed by atoms with Crippen molar-refractivity contribution in [2.24, 2.45) is 0 Å². The summed E-state index contributed by atoms with van der Waals surface area (Å²) in [7, 11) is 2.38. The van der Waals surface area contributed by atoms with Gasteiger partial charge in [-0.2, -0.15) is 8.78 Å². The van der Waals surface area contributed by atoms with Gasteiger partial charge >= 0.3 is 11.9 Å². The highest BCUT2D eigenvalue weighted by atomic mass is 32.2. The molecule has 0 aliphatic heterocycles. The average molecular weight is 395 g/mol. The lowest BCUT2D eigenvalue weighted by molar-refractivity contribution is 0.0587. The summed E-state index contributed by atoms with van der Waals surface area (Å²) in [4.78, 5) is 36.3. The second-order valence-corrected chi connectivity index (χ2v) is 6.16. The van der Waals surface area contributed by atoms with Gasteiger partial charge in [-0.3, -0.25) is 4.79 Å². The maximum absolute atomic E-state index is 12.4. The van der Waals surface area contributed by atoms with Gasteiger partial charge in [0.05, 0.1) is 31.0 Å².